The minimum absolute atomic E-state index is 0.0221. The first-order valence-electron chi connectivity index (χ1n) is 22.6. The van der Waals surface area contributed by atoms with Crippen molar-refractivity contribution in [2.45, 2.75) is 110 Å². The van der Waals surface area contributed by atoms with Gasteiger partial charge in [0.05, 0.1) is 12.5 Å². The van der Waals surface area contributed by atoms with Crippen molar-refractivity contribution in [1.29, 1.82) is 0 Å². The van der Waals surface area contributed by atoms with Gasteiger partial charge in [-0.05, 0) is 100 Å². The fourth-order valence-electron chi connectivity index (χ4n) is 6.40. The molecule has 18 nitrogen and oxygen atoms in total. The summed E-state index contributed by atoms with van der Waals surface area (Å²) in [7, 11) is 0. The van der Waals surface area contributed by atoms with E-state index in [2.05, 4.69) is 42.2 Å². The van der Waals surface area contributed by atoms with E-state index < -0.39 is 41.5 Å². The Labute approximate surface area is 388 Å². The first kappa shape index (κ1) is 53.5. The predicted octanol–water partition coefficient (Wildman–Crippen LogP) is 4.61. The van der Waals surface area contributed by atoms with Gasteiger partial charge in [0, 0.05) is 52.1 Å². The van der Waals surface area contributed by atoms with E-state index in [1.165, 1.54) is 12.1 Å². The third-order valence-electron chi connectivity index (χ3n) is 9.76. The summed E-state index contributed by atoms with van der Waals surface area (Å²) in [6.45, 7) is 9.30. The van der Waals surface area contributed by atoms with Crippen LogP contribution in [0.4, 0.5) is 9.59 Å². The Hall–Kier alpha value is -6.85. The summed E-state index contributed by atoms with van der Waals surface area (Å²) < 4.78 is 11.3. The van der Waals surface area contributed by atoms with Crippen LogP contribution in [0.2, 0.25) is 0 Å². The number of hydrogen-bond donors (Lipinski definition) is 9. The molecule has 0 aliphatic carbocycles. The van der Waals surface area contributed by atoms with Gasteiger partial charge in [-0.15, -0.1) is 0 Å². The second-order valence-electron chi connectivity index (χ2n) is 16.5. The Morgan fingerprint density at radius 3 is 2.12 bits per heavy atom. The Morgan fingerprint density at radius 1 is 0.712 bits per heavy atom. The molecule has 3 aromatic carbocycles. The van der Waals surface area contributed by atoms with Crippen molar-refractivity contribution in [3.63, 3.8) is 0 Å². The van der Waals surface area contributed by atoms with E-state index in [0.717, 1.165) is 18.4 Å². The van der Waals surface area contributed by atoms with Crippen molar-refractivity contribution in [1.82, 2.24) is 37.2 Å². The number of hydrogen-bond acceptors (Lipinski definition) is 10. The van der Waals surface area contributed by atoms with Crippen LogP contribution in [0.1, 0.15) is 108 Å². The summed E-state index contributed by atoms with van der Waals surface area (Å²) in [5, 5.41) is 28.9. The van der Waals surface area contributed by atoms with Crippen LogP contribution in [0.5, 0.6) is 11.5 Å². The van der Waals surface area contributed by atoms with Crippen LogP contribution in [0.25, 0.3) is 0 Å². The summed E-state index contributed by atoms with van der Waals surface area (Å²) >= 11 is 0. The van der Waals surface area contributed by atoms with E-state index >= 15 is 0 Å². The third kappa shape index (κ3) is 22.7. The molecule has 2 atom stereocenters. The molecule has 0 aromatic heterocycles. The highest BCUT2D eigenvalue weighted by molar-refractivity contribution is 5.95. The normalized spacial score (nSPS) is 12.2. The Morgan fingerprint density at radius 2 is 1.39 bits per heavy atom. The number of carbonyl (C=O) groups excluding carboxylic acids is 6. The molecule has 0 saturated carbocycles. The molecular weight excluding hydrogens is 847 g/mol. The number of guanidine groups is 1. The summed E-state index contributed by atoms with van der Waals surface area (Å²) in [5.41, 5.74) is 7.48. The van der Waals surface area contributed by atoms with Gasteiger partial charge in [-0.25, -0.2) is 9.59 Å². The largest absolute Gasteiger partial charge is 0.508 e. The van der Waals surface area contributed by atoms with E-state index in [1.807, 2.05) is 75.4 Å². The number of carbonyl (C=O) groups is 6. The van der Waals surface area contributed by atoms with Gasteiger partial charge in [-0.3, -0.25) is 29.5 Å². The average molecular weight is 916 g/mol. The number of benzene rings is 3. The SMILES string of the molecule is CCC(=O)NCCNC(=O)NC(N)=NCCC[C@@H](NC(=O)C(c1ccccc1)c1cccc(OCCCCNC(=O)CCCCCNC(=O)OC(C)(C)C)c1)C(=O)NCc1ccc(O)cc1. The predicted molar refractivity (Wildman–Crippen MR) is 253 cm³/mol. The van der Waals surface area contributed by atoms with Crippen molar-refractivity contribution < 1.29 is 43.3 Å². The zero-order chi connectivity index (χ0) is 48.2. The van der Waals surface area contributed by atoms with Crippen LogP contribution in [-0.2, 0) is 30.5 Å². The van der Waals surface area contributed by atoms with Gasteiger partial charge in [0.2, 0.25) is 23.6 Å². The lowest BCUT2D eigenvalue weighted by Gasteiger charge is -2.23. The van der Waals surface area contributed by atoms with Gasteiger partial charge < -0.3 is 52.2 Å². The molecule has 0 bridgehead atoms. The average Bonchev–Trinajstić information content (AvgIpc) is 3.28. The smallest absolute Gasteiger partial charge is 0.407 e. The quantitative estimate of drug-likeness (QED) is 0.0292. The van der Waals surface area contributed by atoms with E-state index in [-0.39, 0.29) is 56.1 Å². The number of ether oxygens (including phenoxy) is 2. The lowest BCUT2D eigenvalue weighted by molar-refractivity contribution is -0.129. The van der Waals surface area contributed by atoms with Gasteiger partial charge in [-0.1, -0.05) is 67.9 Å². The van der Waals surface area contributed by atoms with Gasteiger partial charge in [0.15, 0.2) is 5.96 Å². The van der Waals surface area contributed by atoms with Crippen molar-refractivity contribution in [3.05, 3.63) is 95.6 Å². The zero-order valence-electron chi connectivity index (χ0n) is 38.7. The molecule has 7 amide bonds. The Balaban J connectivity index is 1.56. The van der Waals surface area contributed by atoms with Crippen molar-refractivity contribution in [2.24, 2.45) is 10.7 Å². The molecular formula is C48H69N9O9. The third-order valence-corrected chi connectivity index (χ3v) is 9.76. The molecule has 0 aliphatic heterocycles. The Bertz CT molecular complexity index is 2010. The number of urea groups is 1. The standard InChI is InChI=1S/C48H69N9O9/c1-5-40(59)51-29-30-53-46(63)57-45(49)52-28-15-20-39(43(61)55-33-34-22-24-37(58)25-23-34)56-44(62)42(35-16-8-6-9-17-35)36-18-14-19-38(32-36)65-31-13-12-26-50-41(60)21-10-7-11-27-54-47(64)66-48(2,3)4/h6,8-9,14,16-19,22-25,32,39,42,58H,5,7,10-13,15,20-21,26-31,33H2,1-4H3,(H,50,60)(H,51,59)(H,54,64)(H,55,61)(H,56,62)(H4,49,52,53,57,63)/t39-,42?/m1/s1. The summed E-state index contributed by atoms with van der Waals surface area (Å²) in [5.74, 6) is -1.26. The number of aliphatic imine (C=N–C) groups is 1. The van der Waals surface area contributed by atoms with E-state index in [0.29, 0.717) is 75.1 Å². The number of nitrogens with zero attached hydrogens (tertiary/aromatic N) is 1. The van der Waals surface area contributed by atoms with Gasteiger partial charge in [-0.2, -0.15) is 0 Å². The maximum atomic E-state index is 14.3. The Kier molecular flexibility index (Phi) is 24.0. The minimum Gasteiger partial charge on any atom is -0.508 e. The number of alkyl carbamates (subject to hydrolysis) is 1. The molecule has 3 rings (SSSR count). The molecule has 18 heteroatoms. The maximum absolute atomic E-state index is 14.3. The minimum atomic E-state index is -0.972. The second kappa shape index (κ2) is 29.6. The topological polar surface area (TPSA) is 264 Å². The lowest BCUT2D eigenvalue weighted by Crippen LogP contribution is -2.48. The highest BCUT2D eigenvalue weighted by Crippen LogP contribution is 2.28. The summed E-state index contributed by atoms with van der Waals surface area (Å²) in [4.78, 5) is 79.9. The number of rotatable bonds is 27. The van der Waals surface area contributed by atoms with Gasteiger partial charge in [0.25, 0.3) is 0 Å². The van der Waals surface area contributed by atoms with Crippen molar-refractivity contribution in [2.75, 3.05) is 39.3 Å². The molecule has 0 heterocycles. The molecule has 360 valence electrons. The number of nitrogens with two attached hydrogens (primary N) is 1. The molecule has 0 aliphatic rings. The molecule has 0 saturated heterocycles. The van der Waals surface area contributed by atoms with E-state index in [1.54, 1.807) is 19.1 Å². The van der Waals surface area contributed by atoms with E-state index in [9.17, 15) is 33.9 Å². The molecule has 3 aromatic rings. The maximum Gasteiger partial charge on any atom is 0.407 e. The molecule has 0 radical (unpaired) electrons. The van der Waals surface area contributed by atoms with Crippen LogP contribution < -0.4 is 47.7 Å². The van der Waals surface area contributed by atoms with Crippen LogP contribution in [0.3, 0.4) is 0 Å². The number of aromatic hydroxyl groups is 1. The fraction of sp³-hybridized carbons (Fsp3) is 0.479. The van der Waals surface area contributed by atoms with Crippen LogP contribution in [0, 0.1) is 0 Å². The monoisotopic (exact) mass is 916 g/mol. The summed E-state index contributed by atoms with van der Waals surface area (Å²) in [6, 6.07) is 21.3. The van der Waals surface area contributed by atoms with E-state index in [4.69, 9.17) is 15.2 Å². The lowest BCUT2D eigenvalue weighted by atomic mass is 9.90. The number of amides is 7. The zero-order valence-corrected chi connectivity index (χ0v) is 38.7. The van der Waals surface area contributed by atoms with Gasteiger partial charge >= 0.3 is 12.1 Å². The van der Waals surface area contributed by atoms with Crippen molar-refractivity contribution in [3.8, 4) is 11.5 Å². The first-order valence-corrected chi connectivity index (χ1v) is 22.6. The molecule has 0 fully saturated rings. The van der Waals surface area contributed by atoms with Crippen LogP contribution >= 0.6 is 0 Å². The van der Waals surface area contributed by atoms with Crippen LogP contribution in [-0.4, -0.2) is 97.8 Å². The highest BCUT2D eigenvalue weighted by atomic mass is 16.6. The number of nitrogens with one attached hydrogen (secondary N) is 7. The van der Waals surface area contributed by atoms with Gasteiger partial charge in [0.1, 0.15) is 23.1 Å². The molecule has 1 unspecified atom stereocenters. The number of phenols is 1. The van der Waals surface area contributed by atoms with Crippen molar-refractivity contribution >= 4 is 41.7 Å². The highest BCUT2D eigenvalue weighted by Gasteiger charge is 2.28. The first-order chi connectivity index (χ1) is 31.6. The molecule has 0 spiro atoms. The summed E-state index contributed by atoms with van der Waals surface area (Å²) in [6.07, 6.45) is 4.48. The molecule has 66 heavy (non-hydrogen) atoms. The second-order valence-corrected chi connectivity index (χ2v) is 16.5. The number of unbranched alkanes of at least 4 members (excludes halogenated alkanes) is 3. The molecule has 10 N–H and O–H groups in total. The fourth-order valence-corrected chi connectivity index (χ4v) is 6.40. The van der Waals surface area contributed by atoms with Crippen LogP contribution in [0.15, 0.2) is 83.9 Å². The number of phenolic OH excluding ortho intramolecular Hbond substituents is 1.